The number of rotatable bonds is 6. The predicted octanol–water partition coefficient (Wildman–Crippen LogP) is 12.7. The first-order valence-electron chi connectivity index (χ1n) is 15.5. The monoisotopic (exact) mass is 722 g/mol. The third kappa shape index (κ3) is 11.0. The van der Waals surface area contributed by atoms with E-state index in [-0.39, 0.29) is 0 Å². The molecule has 0 N–H and O–H groups in total. The Morgan fingerprint density at radius 2 is 1.35 bits per heavy atom. The summed E-state index contributed by atoms with van der Waals surface area (Å²) < 4.78 is 0. The van der Waals surface area contributed by atoms with E-state index < -0.39 is 28.9 Å². The van der Waals surface area contributed by atoms with Crippen molar-refractivity contribution in [3.05, 3.63) is 102 Å². The van der Waals surface area contributed by atoms with E-state index in [0.29, 0.717) is 11.8 Å². The standard InChI is InChI=1S/C20H23Si.C16H21.C2H6Si.2ClH.Zr/c1-5-15-13-17-7-6-8-19(20(17)14-15)16-9-11-18(12-10-16)21(2,3)4;1-5-12(4)15-8-6-7-13-9-14(11(2)3)10-16(13)15;1-3-2;;;/h6-14H,5H2,1-4H3;6-12H,5H2,1-4H3;1-2H3;2*1H;/q2*-1;;;;+4/p-2. The molecule has 0 nitrogen and oxygen atoms in total. The Balaban J connectivity index is 0.000000260. The van der Waals surface area contributed by atoms with Gasteiger partial charge in [-0.1, -0.05) is 126 Å². The third-order valence-electron chi connectivity index (χ3n) is 7.90. The Morgan fingerprint density at radius 1 is 0.791 bits per heavy atom. The molecule has 0 aromatic heterocycles. The summed E-state index contributed by atoms with van der Waals surface area (Å²) in [6.07, 6.45) is 2.31. The molecule has 1 unspecified atom stereocenters. The first kappa shape index (κ1) is 38.0. The van der Waals surface area contributed by atoms with Crippen molar-refractivity contribution in [3.63, 3.8) is 0 Å². The Labute approximate surface area is 284 Å². The van der Waals surface area contributed by atoms with Gasteiger partial charge in [0.05, 0.1) is 8.07 Å². The van der Waals surface area contributed by atoms with Crippen LogP contribution in [0.2, 0.25) is 32.7 Å². The van der Waals surface area contributed by atoms with Crippen molar-refractivity contribution < 1.29 is 20.8 Å². The molecule has 0 aliphatic heterocycles. The average Bonchev–Trinajstić information content (AvgIpc) is 3.62. The van der Waals surface area contributed by atoms with Crippen molar-refractivity contribution in [2.45, 2.75) is 92.0 Å². The average molecular weight is 725 g/mol. The van der Waals surface area contributed by atoms with Gasteiger partial charge in [0.15, 0.2) is 0 Å². The number of hydrogen-bond donors (Lipinski definition) is 0. The molecule has 5 aromatic carbocycles. The molecule has 0 aliphatic rings. The number of fused-ring (bicyclic) bond motifs is 2. The molecule has 43 heavy (non-hydrogen) atoms. The van der Waals surface area contributed by atoms with Crippen LogP contribution in [0.25, 0.3) is 32.7 Å². The van der Waals surface area contributed by atoms with Crippen LogP contribution in [0, 0.1) is 0 Å². The van der Waals surface area contributed by atoms with E-state index in [1.54, 1.807) is 0 Å². The summed E-state index contributed by atoms with van der Waals surface area (Å²) in [4.78, 5) is 0. The van der Waals surface area contributed by atoms with Gasteiger partial charge in [0.2, 0.25) is 0 Å². The fourth-order valence-electron chi connectivity index (χ4n) is 5.17. The first-order valence-corrected chi connectivity index (χ1v) is 27.3. The van der Waals surface area contributed by atoms with Gasteiger partial charge in [-0.3, -0.25) is 0 Å². The van der Waals surface area contributed by atoms with Crippen molar-refractivity contribution in [1.82, 2.24) is 0 Å². The zero-order valence-electron chi connectivity index (χ0n) is 27.9. The molecule has 228 valence electrons. The van der Waals surface area contributed by atoms with Gasteiger partial charge in [0, 0.05) is 9.52 Å². The van der Waals surface area contributed by atoms with Crippen molar-refractivity contribution in [1.29, 1.82) is 0 Å². The molecule has 0 amide bonds. The van der Waals surface area contributed by atoms with Crippen LogP contribution in [0.4, 0.5) is 0 Å². The van der Waals surface area contributed by atoms with E-state index >= 15 is 0 Å². The summed E-state index contributed by atoms with van der Waals surface area (Å²) in [6, 6.07) is 31.9. The summed E-state index contributed by atoms with van der Waals surface area (Å²) >= 11 is -0.826. The Bertz CT molecular complexity index is 1510. The van der Waals surface area contributed by atoms with Crippen LogP contribution in [0.1, 0.15) is 69.6 Å². The van der Waals surface area contributed by atoms with Gasteiger partial charge in [0.1, 0.15) is 0 Å². The molecule has 1 atom stereocenters. The molecule has 0 bridgehead atoms. The van der Waals surface area contributed by atoms with Crippen molar-refractivity contribution in [2.75, 3.05) is 0 Å². The summed E-state index contributed by atoms with van der Waals surface area (Å²) in [6.45, 7) is 22.8. The fourth-order valence-corrected chi connectivity index (χ4v) is 6.33. The van der Waals surface area contributed by atoms with Crippen LogP contribution < -0.4 is 5.19 Å². The molecule has 0 aliphatic carbocycles. The van der Waals surface area contributed by atoms with Crippen LogP contribution in [-0.2, 0) is 27.3 Å². The SMILES string of the molecule is CCC(C)c1cccc2[cH-]c(C(C)C)cc12.CCc1cc2c(-c3ccc([Si](C)(C)C)cc3)cccc2[cH-]1.C[Si]C.[Cl][Zr+2][Cl]. The Morgan fingerprint density at radius 3 is 1.86 bits per heavy atom. The number of aryl methyl sites for hydroxylation is 1. The minimum absolute atomic E-state index is 0.622. The van der Waals surface area contributed by atoms with Crippen molar-refractivity contribution >= 4 is 61.4 Å². The Hall–Kier alpha value is -1.22. The second-order valence-corrected chi connectivity index (χ2v) is 22.3. The van der Waals surface area contributed by atoms with E-state index in [2.05, 4.69) is 152 Å². The molecule has 0 saturated heterocycles. The van der Waals surface area contributed by atoms with Gasteiger partial charge >= 0.3 is 37.9 Å². The molecular weight excluding hydrogens is 675 g/mol. The van der Waals surface area contributed by atoms with E-state index in [4.69, 9.17) is 17.0 Å². The molecular formula is C38H50Cl2Si2Zr. The van der Waals surface area contributed by atoms with Crippen molar-refractivity contribution in [3.8, 4) is 11.1 Å². The minimum atomic E-state index is -1.21. The molecule has 0 fully saturated rings. The maximum atomic E-state index is 4.93. The van der Waals surface area contributed by atoms with Gasteiger partial charge in [-0.15, -0.1) is 69.1 Å². The zero-order valence-corrected chi connectivity index (χ0v) is 33.9. The van der Waals surface area contributed by atoms with Crippen LogP contribution in [0.5, 0.6) is 0 Å². The number of benzene rings is 3. The third-order valence-corrected chi connectivity index (χ3v) is 9.96. The summed E-state index contributed by atoms with van der Waals surface area (Å²) in [5.74, 6) is 1.28. The number of hydrogen-bond acceptors (Lipinski definition) is 0. The summed E-state index contributed by atoms with van der Waals surface area (Å²) in [7, 11) is 9.74. The topological polar surface area (TPSA) is 0 Å². The van der Waals surface area contributed by atoms with Gasteiger partial charge in [-0.2, -0.15) is 12.1 Å². The molecule has 0 saturated carbocycles. The van der Waals surface area contributed by atoms with E-state index in [1.807, 2.05) is 0 Å². The molecule has 5 heteroatoms. The Kier molecular flexibility index (Phi) is 16.5. The quantitative estimate of drug-likeness (QED) is 0.121. The van der Waals surface area contributed by atoms with E-state index in [9.17, 15) is 0 Å². The van der Waals surface area contributed by atoms with Crippen molar-refractivity contribution in [2.24, 2.45) is 0 Å². The fraction of sp³-hybridized carbons (Fsp3) is 0.368. The van der Waals surface area contributed by atoms with Gasteiger partial charge in [-0.05, 0) is 23.8 Å². The zero-order chi connectivity index (χ0) is 32.2. The van der Waals surface area contributed by atoms with E-state index in [0.717, 1.165) is 15.9 Å². The number of halogens is 2. The van der Waals surface area contributed by atoms with Gasteiger partial charge in [0.25, 0.3) is 0 Å². The van der Waals surface area contributed by atoms with Crippen LogP contribution >= 0.6 is 17.0 Å². The molecule has 5 aromatic rings. The van der Waals surface area contributed by atoms with Crippen LogP contribution in [0.3, 0.4) is 0 Å². The summed E-state index contributed by atoms with van der Waals surface area (Å²) in [5, 5.41) is 7.13. The second-order valence-electron chi connectivity index (χ2n) is 12.5. The van der Waals surface area contributed by atoms with Gasteiger partial charge in [-0.25, -0.2) is 0 Å². The normalized spacial score (nSPS) is 11.6. The van der Waals surface area contributed by atoms with Crippen LogP contribution in [-0.4, -0.2) is 17.6 Å². The summed E-state index contributed by atoms with van der Waals surface area (Å²) in [5.41, 5.74) is 7.08. The molecule has 2 radical (unpaired) electrons. The first-order chi connectivity index (χ1) is 20.4. The van der Waals surface area contributed by atoms with Gasteiger partial charge < -0.3 is 0 Å². The maximum absolute atomic E-state index is 4.93. The second kappa shape index (κ2) is 18.7. The van der Waals surface area contributed by atoms with Crippen LogP contribution in [0.15, 0.2) is 84.9 Å². The van der Waals surface area contributed by atoms with E-state index in [1.165, 1.54) is 61.0 Å². The molecule has 0 spiro atoms. The predicted molar refractivity (Wildman–Crippen MR) is 199 cm³/mol. The molecule has 5 rings (SSSR count). The molecule has 0 heterocycles.